The minimum Gasteiger partial charge on any atom is -0.464 e. The maximum atomic E-state index is 13.2. The van der Waals surface area contributed by atoms with Crippen molar-refractivity contribution in [3.05, 3.63) is 89.3 Å². The lowest BCUT2D eigenvalue weighted by atomic mass is 9.96. The molecule has 2 aromatic heterocycles. The smallest absolute Gasteiger partial charge is 0.253 e. The highest BCUT2D eigenvalue weighted by atomic mass is 16.3. The van der Waals surface area contributed by atoms with E-state index in [9.17, 15) is 9.59 Å². The summed E-state index contributed by atoms with van der Waals surface area (Å²) in [6, 6.07) is 18.8. The van der Waals surface area contributed by atoms with Crippen molar-refractivity contribution in [2.24, 2.45) is 0 Å². The molecule has 0 aliphatic carbocycles. The third kappa shape index (κ3) is 5.64. The lowest BCUT2D eigenvalue weighted by molar-refractivity contribution is 0.0924. The van der Waals surface area contributed by atoms with Crippen molar-refractivity contribution in [2.45, 2.75) is 57.3 Å². The van der Waals surface area contributed by atoms with Crippen LogP contribution in [0.2, 0.25) is 0 Å². The molecule has 7 rings (SSSR count). The number of amides is 2. The van der Waals surface area contributed by atoms with E-state index in [2.05, 4.69) is 56.6 Å². The Morgan fingerprint density at radius 2 is 1.66 bits per heavy atom. The van der Waals surface area contributed by atoms with Crippen LogP contribution < -0.4 is 20.4 Å². The molecule has 3 aliphatic heterocycles. The number of aryl methyl sites for hydroxylation is 1. The maximum absolute atomic E-state index is 13.2. The topological polar surface area (TPSA) is 94.0 Å². The summed E-state index contributed by atoms with van der Waals surface area (Å²) in [6.45, 7) is 6.64. The number of anilines is 2. The Morgan fingerprint density at radius 3 is 2.36 bits per heavy atom. The third-order valence-corrected chi connectivity index (χ3v) is 9.72. The van der Waals surface area contributed by atoms with Crippen LogP contribution in [0.25, 0.3) is 11.0 Å². The zero-order valence-corrected chi connectivity index (χ0v) is 25.5. The first kappa shape index (κ1) is 28.4. The molecule has 2 atom stereocenters. The number of pyridine rings is 1. The van der Waals surface area contributed by atoms with Gasteiger partial charge in [0.25, 0.3) is 11.8 Å². The molecule has 3 aliphatic rings. The molecule has 0 radical (unpaired) electrons. The van der Waals surface area contributed by atoms with Gasteiger partial charge >= 0.3 is 0 Å². The SMILES string of the molecule is Cc1c(C(=O)NC2CC3CCC(C2)N3c2ccc(C(=O)NCc3ccc(N4CCN(C)CC4)cc3)cn2)ccc2ccoc12. The molecule has 44 heavy (non-hydrogen) atoms. The van der Waals surface area contributed by atoms with E-state index in [1.807, 2.05) is 37.3 Å². The van der Waals surface area contributed by atoms with Gasteiger partial charge in [0.1, 0.15) is 11.4 Å². The van der Waals surface area contributed by atoms with E-state index in [4.69, 9.17) is 9.40 Å². The Kier molecular flexibility index (Phi) is 7.72. The lowest BCUT2D eigenvalue weighted by Gasteiger charge is -2.40. The van der Waals surface area contributed by atoms with Crippen molar-refractivity contribution in [1.82, 2.24) is 20.5 Å². The normalized spacial score (nSPS) is 21.9. The van der Waals surface area contributed by atoms with Crippen LogP contribution in [0.4, 0.5) is 11.5 Å². The number of piperidine rings is 1. The highest BCUT2D eigenvalue weighted by Gasteiger charge is 2.42. The van der Waals surface area contributed by atoms with Gasteiger partial charge < -0.3 is 29.8 Å². The van der Waals surface area contributed by atoms with E-state index in [1.54, 1.807) is 12.5 Å². The summed E-state index contributed by atoms with van der Waals surface area (Å²) in [7, 11) is 2.16. The third-order valence-electron chi connectivity index (χ3n) is 9.72. The lowest BCUT2D eigenvalue weighted by Crippen LogP contribution is -2.50. The van der Waals surface area contributed by atoms with E-state index in [1.165, 1.54) is 5.69 Å². The second-order valence-electron chi connectivity index (χ2n) is 12.6. The molecule has 0 spiro atoms. The van der Waals surface area contributed by atoms with Crippen molar-refractivity contribution in [2.75, 3.05) is 43.0 Å². The molecule has 0 saturated carbocycles. The number of carbonyl (C=O) groups excluding carboxylic acids is 2. The van der Waals surface area contributed by atoms with E-state index >= 15 is 0 Å². The number of furan rings is 1. The van der Waals surface area contributed by atoms with Crippen molar-refractivity contribution in [3.63, 3.8) is 0 Å². The molecule has 9 nitrogen and oxygen atoms in total. The quantitative estimate of drug-likeness (QED) is 0.320. The van der Waals surface area contributed by atoms with Gasteiger partial charge in [0.15, 0.2) is 0 Å². The van der Waals surface area contributed by atoms with Gasteiger partial charge in [0, 0.05) is 79.2 Å². The van der Waals surface area contributed by atoms with Gasteiger partial charge in [0.2, 0.25) is 0 Å². The first-order valence-electron chi connectivity index (χ1n) is 15.8. The summed E-state index contributed by atoms with van der Waals surface area (Å²) in [4.78, 5) is 38.0. The van der Waals surface area contributed by atoms with Crippen molar-refractivity contribution in [3.8, 4) is 0 Å². The minimum atomic E-state index is -0.125. The number of hydrogen-bond donors (Lipinski definition) is 2. The molecule has 2 N–H and O–H groups in total. The number of carbonyl (C=O) groups is 2. The van der Waals surface area contributed by atoms with Crippen molar-refractivity contribution >= 4 is 34.3 Å². The molecule has 2 aromatic carbocycles. The number of aromatic nitrogens is 1. The minimum absolute atomic E-state index is 0.0434. The molecule has 5 heterocycles. The molecule has 9 heteroatoms. The summed E-state index contributed by atoms with van der Waals surface area (Å²) < 4.78 is 5.60. The van der Waals surface area contributed by atoms with E-state index in [-0.39, 0.29) is 17.9 Å². The highest BCUT2D eigenvalue weighted by molar-refractivity contribution is 6.00. The number of fused-ring (bicyclic) bond motifs is 3. The molecule has 2 unspecified atom stereocenters. The van der Waals surface area contributed by atoms with Crippen LogP contribution in [0.5, 0.6) is 0 Å². The number of rotatable bonds is 7. The highest BCUT2D eigenvalue weighted by Crippen LogP contribution is 2.38. The van der Waals surface area contributed by atoms with Crippen LogP contribution >= 0.6 is 0 Å². The first-order chi connectivity index (χ1) is 21.4. The van der Waals surface area contributed by atoms with Crippen LogP contribution in [-0.4, -0.2) is 73.1 Å². The number of likely N-dealkylation sites (N-methyl/N-ethyl adjacent to an activating group) is 1. The zero-order valence-electron chi connectivity index (χ0n) is 25.5. The zero-order chi connectivity index (χ0) is 30.2. The number of hydrogen-bond acceptors (Lipinski definition) is 7. The van der Waals surface area contributed by atoms with Gasteiger partial charge in [-0.15, -0.1) is 0 Å². The number of piperazine rings is 1. The van der Waals surface area contributed by atoms with E-state index in [0.717, 1.165) is 79.8 Å². The summed E-state index contributed by atoms with van der Waals surface area (Å²) >= 11 is 0. The van der Waals surface area contributed by atoms with Crippen LogP contribution in [0.3, 0.4) is 0 Å². The molecule has 2 amide bonds. The molecule has 228 valence electrons. The fraction of sp³-hybridized carbons (Fsp3) is 0.400. The van der Waals surface area contributed by atoms with Gasteiger partial charge in [0.05, 0.1) is 11.8 Å². The van der Waals surface area contributed by atoms with E-state index in [0.29, 0.717) is 29.8 Å². The number of nitrogens with zero attached hydrogens (tertiary/aromatic N) is 4. The molecular weight excluding hydrogens is 552 g/mol. The summed E-state index contributed by atoms with van der Waals surface area (Å²) in [6.07, 6.45) is 7.25. The second-order valence-corrected chi connectivity index (χ2v) is 12.6. The molecular formula is C35H40N6O3. The van der Waals surface area contributed by atoms with Crippen LogP contribution in [0, 0.1) is 6.92 Å². The predicted octanol–water partition coefficient (Wildman–Crippen LogP) is 4.75. The predicted molar refractivity (Wildman–Crippen MR) is 172 cm³/mol. The Balaban J connectivity index is 0.928. The largest absolute Gasteiger partial charge is 0.464 e. The van der Waals surface area contributed by atoms with Crippen LogP contribution in [0.1, 0.15) is 57.5 Å². The standard InChI is InChI=1S/C35H40N6O3/c1-23-31(11-5-25-13-18-44-33(23)25)35(43)38-27-19-29-9-10-30(20-27)41(29)32-12-6-26(22-36-32)34(42)37-21-24-3-7-28(8-4-24)40-16-14-39(2)15-17-40/h3-8,11-13,18,22,27,29-30H,9-10,14-17,19-21H2,1-2H3,(H,37,42)(H,38,43). The molecule has 3 fully saturated rings. The molecule has 3 saturated heterocycles. The average Bonchev–Trinajstić information content (AvgIpc) is 3.63. The monoisotopic (exact) mass is 592 g/mol. The number of nitrogens with one attached hydrogen (secondary N) is 2. The Labute approximate surface area is 258 Å². The van der Waals surface area contributed by atoms with Crippen molar-refractivity contribution in [1.29, 1.82) is 0 Å². The fourth-order valence-corrected chi connectivity index (χ4v) is 7.20. The summed E-state index contributed by atoms with van der Waals surface area (Å²) in [5.74, 6) is 0.732. The van der Waals surface area contributed by atoms with Gasteiger partial charge in [-0.1, -0.05) is 18.2 Å². The van der Waals surface area contributed by atoms with E-state index < -0.39 is 0 Å². The van der Waals surface area contributed by atoms with Crippen LogP contribution in [-0.2, 0) is 6.54 Å². The second kappa shape index (κ2) is 12.0. The Morgan fingerprint density at radius 1 is 0.909 bits per heavy atom. The van der Waals surface area contributed by atoms with Crippen LogP contribution in [0.15, 0.2) is 71.5 Å². The van der Waals surface area contributed by atoms with Gasteiger partial charge in [-0.25, -0.2) is 4.98 Å². The molecule has 2 bridgehead atoms. The summed E-state index contributed by atoms with van der Waals surface area (Å²) in [5, 5.41) is 7.34. The Hall–Kier alpha value is -4.37. The summed E-state index contributed by atoms with van der Waals surface area (Å²) in [5.41, 5.74) is 5.17. The van der Waals surface area contributed by atoms with Gasteiger partial charge in [-0.3, -0.25) is 9.59 Å². The Bertz CT molecular complexity index is 1630. The van der Waals surface area contributed by atoms with Gasteiger partial charge in [-0.05, 0) is 81.6 Å². The maximum Gasteiger partial charge on any atom is 0.253 e. The van der Waals surface area contributed by atoms with Gasteiger partial charge in [-0.2, -0.15) is 0 Å². The first-order valence-corrected chi connectivity index (χ1v) is 15.8. The average molecular weight is 593 g/mol. The number of benzene rings is 2. The molecule has 4 aromatic rings. The van der Waals surface area contributed by atoms with Crippen molar-refractivity contribution < 1.29 is 14.0 Å². The fourth-order valence-electron chi connectivity index (χ4n) is 7.20.